The fourth-order valence-electron chi connectivity index (χ4n) is 3.01. The van der Waals surface area contributed by atoms with E-state index in [0.717, 1.165) is 21.1 Å². The van der Waals surface area contributed by atoms with Gasteiger partial charge < -0.3 is 19.7 Å². The molecule has 0 aliphatic carbocycles. The predicted octanol–water partition coefficient (Wildman–Crippen LogP) is 3.17. The Hall–Kier alpha value is -3.13. The zero-order valence-electron chi connectivity index (χ0n) is 15.5. The molecule has 0 bridgehead atoms. The molecule has 4 rings (SSSR count). The number of ether oxygens (including phenoxy) is 2. The van der Waals surface area contributed by atoms with Gasteiger partial charge in [-0.05, 0) is 36.4 Å². The Labute approximate surface area is 165 Å². The molecule has 1 aliphatic heterocycles. The summed E-state index contributed by atoms with van der Waals surface area (Å²) in [6.45, 7) is 1.26. The Bertz CT molecular complexity index is 1030. The topological polar surface area (TPSA) is 80.8 Å². The number of benzene rings is 2. The van der Waals surface area contributed by atoms with E-state index in [9.17, 15) is 9.59 Å². The van der Waals surface area contributed by atoms with Gasteiger partial charge in [0.25, 0.3) is 0 Å². The van der Waals surface area contributed by atoms with E-state index in [0.29, 0.717) is 24.3 Å². The molecular formula is C20H19N3O4S. The average molecular weight is 397 g/mol. The smallest absolute Gasteiger partial charge is 0.337 e. The van der Waals surface area contributed by atoms with Gasteiger partial charge in [-0.25, -0.2) is 9.78 Å². The highest BCUT2D eigenvalue weighted by Gasteiger charge is 2.34. The minimum atomic E-state index is -0.402. The summed E-state index contributed by atoms with van der Waals surface area (Å²) in [7, 11) is 2.97. The normalized spacial score (nSPS) is 13.9. The van der Waals surface area contributed by atoms with E-state index in [-0.39, 0.29) is 11.8 Å². The fraction of sp³-hybridized carbons (Fsp3) is 0.250. The monoisotopic (exact) mass is 397 g/mol. The highest BCUT2D eigenvalue weighted by atomic mass is 32.1. The second-order valence-electron chi connectivity index (χ2n) is 6.49. The first-order chi connectivity index (χ1) is 13.6. The Morgan fingerprint density at radius 2 is 1.89 bits per heavy atom. The first-order valence-corrected chi connectivity index (χ1v) is 9.58. The van der Waals surface area contributed by atoms with Gasteiger partial charge in [0.05, 0.1) is 35.9 Å². The molecule has 0 saturated carbocycles. The molecule has 8 heteroatoms. The standard InChI is InChI=1S/C20H19N3O4S/c1-26-15-7-8-17-16(9-15)22-20(28-17)23-10-13(11-23)18(24)21-14-5-3-12(4-6-14)19(25)27-2/h3-9,13H,10-11H2,1-2H3,(H,21,24). The molecule has 1 amide bonds. The van der Waals surface area contributed by atoms with Crippen LogP contribution < -0.4 is 15.0 Å². The molecule has 0 atom stereocenters. The summed E-state index contributed by atoms with van der Waals surface area (Å²) < 4.78 is 11.0. The molecule has 0 radical (unpaired) electrons. The number of nitrogens with one attached hydrogen (secondary N) is 1. The zero-order valence-corrected chi connectivity index (χ0v) is 16.3. The Balaban J connectivity index is 1.35. The molecule has 1 aliphatic rings. The molecule has 144 valence electrons. The second-order valence-corrected chi connectivity index (χ2v) is 7.50. The summed E-state index contributed by atoms with van der Waals surface area (Å²) in [5.74, 6) is 0.246. The second kappa shape index (κ2) is 7.47. The molecule has 28 heavy (non-hydrogen) atoms. The average Bonchev–Trinajstić information content (AvgIpc) is 3.09. The van der Waals surface area contributed by atoms with Crippen LogP contribution in [0.4, 0.5) is 10.8 Å². The number of thiazole rings is 1. The molecule has 1 saturated heterocycles. The number of carbonyl (C=O) groups excluding carboxylic acids is 2. The molecule has 7 nitrogen and oxygen atoms in total. The summed E-state index contributed by atoms with van der Waals surface area (Å²) in [5, 5.41) is 3.80. The van der Waals surface area contributed by atoms with Gasteiger partial charge in [0.2, 0.25) is 5.91 Å². The van der Waals surface area contributed by atoms with Crippen LogP contribution in [0.2, 0.25) is 0 Å². The van der Waals surface area contributed by atoms with Crippen LogP contribution in [0.25, 0.3) is 10.2 Å². The van der Waals surface area contributed by atoms with E-state index < -0.39 is 5.97 Å². The van der Waals surface area contributed by atoms with E-state index in [1.54, 1.807) is 42.7 Å². The van der Waals surface area contributed by atoms with E-state index >= 15 is 0 Å². The Morgan fingerprint density at radius 3 is 2.57 bits per heavy atom. The zero-order chi connectivity index (χ0) is 19.7. The maximum Gasteiger partial charge on any atom is 0.337 e. The highest BCUT2D eigenvalue weighted by molar-refractivity contribution is 7.22. The third-order valence-corrected chi connectivity index (χ3v) is 5.78. The van der Waals surface area contributed by atoms with Crippen molar-refractivity contribution in [3.05, 3.63) is 48.0 Å². The molecule has 1 aromatic heterocycles. The van der Waals surface area contributed by atoms with Crippen molar-refractivity contribution in [1.82, 2.24) is 4.98 Å². The third kappa shape index (κ3) is 3.50. The van der Waals surface area contributed by atoms with Crippen LogP contribution in [0.5, 0.6) is 5.75 Å². The van der Waals surface area contributed by atoms with Crippen LogP contribution in [0.15, 0.2) is 42.5 Å². The maximum absolute atomic E-state index is 12.4. The van der Waals surface area contributed by atoms with Crippen molar-refractivity contribution < 1.29 is 19.1 Å². The number of aromatic nitrogens is 1. The van der Waals surface area contributed by atoms with E-state index in [1.807, 2.05) is 18.2 Å². The van der Waals surface area contributed by atoms with Gasteiger partial charge in [-0.1, -0.05) is 11.3 Å². The van der Waals surface area contributed by atoms with Crippen LogP contribution in [-0.4, -0.2) is 44.2 Å². The number of nitrogens with zero attached hydrogens (tertiary/aromatic N) is 2. The lowest BCUT2D eigenvalue weighted by molar-refractivity contribution is -0.120. The fourth-order valence-corrected chi connectivity index (χ4v) is 3.97. The van der Waals surface area contributed by atoms with Crippen molar-refractivity contribution in [1.29, 1.82) is 0 Å². The van der Waals surface area contributed by atoms with Crippen LogP contribution in [0.1, 0.15) is 10.4 Å². The van der Waals surface area contributed by atoms with Crippen molar-refractivity contribution in [3.63, 3.8) is 0 Å². The number of methoxy groups -OCH3 is 2. The summed E-state index contributed by atoms with van der Waals surface area (Å²) >= 11 is 1.61. The molecule has 1 N–H and O–H groups in total. The lowest BCUT2D eigenvalue weighted by Gasteiger charge is -2.37. The van der Waals surface area contributed by atoms with E-state index in [4.69, 9.17) is 4.74 Å². The minimum Gasteiger partial charge on any atom is -0.497 e. The number of carbonyl (C=O) groups is 2. The predicted molar refractivity (Wildman–Crippen MR) is 108 cm³/mol. The van der Waals surface area contributed by atoms with E-state index in [1.165, 1.54) is 7.11 Å². The Kier molecular flexibility index (Phi) is 4.87. The van der Waals surface area contributed by atoms with Crippen molar-refractivity contribution in [2.24, 2.45) is 5.92 Å². The summed E-state index contributed by atoms with van der Waals surface area (Å²) in [5.41, 5.74) is 2.00. The summed E-state index contributed by atoms with van der Waals surface area (Å²) in [6.07, 6.45) is 0. The SMILES string of the molecule is COC(=O)c1ccc(NC(=O)C2CN(c3nc4cc(OC)ccc4s3)C2)cc1. The van der Waals surface area contributed by atoms with Gasteiger partial charge in [-0.3, -0.25) is 4.79 Å². The van der Waals surface area contributed by atoms with E-state index in [2.05, 4.69) is 19.9 Å². The number of fused-ring (bicyclic) bond motifs is 1. The lowest BCUT2D eigenvalue weighted by Crippen LogP contribution is -2.52. The first kappa shape index (κ1) is 18.2. The number of anilines is 2. The van der Waals surface area contributed by atoms with Crippen molar-refractivity contribution in [2.75, 3.05) is 37.5 Å². The van der Waals surface area contributed by atoms with Crippen molar-refractivity contribution in [2.45, 2.75) is 0 Å². The highest BCUT2D eigenvalue weighted by Crippen LogP contribution is 2.34. The number of hydrogen-bond acceptors (Lipinski definition) is 7. The van der Waals surface area contributed by atoms with Gasteiger partial charge >= 0.3 is 5.97 Å². The van der Waals surface area contributed by atoms with Crippen LogP contribution in [0, 0.1) is 5.92 Å². The van der Waals surface area contributed by atoms with Crippen molar-refractivity contribution in [3.8, 4) is 5.75 Å². The number of hydrogen-bond donors (Lipinski definition) is 1. The van der Waals surface area contributed by atoms with Gasteiger partial charge in [0.1, 0.15) is 5.75 Å². The summed E-state index contributed by atoms with van der Waals surface area (Å²) in [4.78, 5) is 30.6. The number of esters is 1. The number of rotatable bonds is 5. The van der Waals surface area contributed by atoms with Crippen molar-refractivity contribution >= 4 is 44.2 Å². The largest absolute Gasteiger partial charge is 0.497 e. The first-order valence-electron chi connectivity index (χ1n) is 8.76. The van der Waals surface area contributed by atoms with Crippen LogP contribution in [0.3, 0.4) is 0 Å². The van der Waals surface area contributed by atoms with Gasteiger partial charge in [0.15, 0.2) is 5.13 Å². The third-order valence-electron chi connectivity index (χ3n) is 4.68. The molecular weight excluding hydrogens is 378 g/mol. The van der Waals surface area contributed by atoms with Crippen LogP contribution in [-0.2, 0) is 9.53 Å². The van der Waals surface area contributed by atoms with Gasteiger partial charge in [-0.15, -0.1) is 0 Å². The molecule has 2 aromatic carbocycles. The molecule has 0 spiro atoms. The lowest BCUT2D eigenvalue weighted by atomic mass is 10.00. The maximum atomic E-state index is 12.4. The molecule has 1 fully saturated rings. The van der Waals surface area contributed by atoms with Crippen LogP contribution >= 0.6 is 11.3 Å². The Morgan fingerprint density at radius 1 is 1.14 bits per heavy atom. The summed E-state index contributed by atoms with van der Waals surface area (Å²) in [6, 6.07) is 12.5. The van der Waals surface area contributed by atoms with Gasteiger partial charge in [-0.2, -0.15) is 0 Å². The quantitative estimate of drug-likeness (QED) is 0.666. The van der Waals surface area contributed by atoms with Gasteiger partial charge in [0, 0.05) is 24.8 Å². The molecule has 0 unspecified atom stereocenters. The molecule has 2 heterocycles. The number of amides is 1. The molecule has 3 aromatic rings. The minimum absolute atomic E-state index is 0.0372.